The Hall–Kier alpha value is -0.900. The van der Waals surface area contributed by atoms with Crippen LogP contribution < -0.4 is 5.73 Å². The second-order valence-corrected chi connectivity index (χ2v) is 5.76. The minimum absolute atomic E-state index is 0.214. The van der Waals surface area contributed by atoms with Gasteiger partial charge in [-0.25, -0.2) is 4.39 Å². The summed E-state index contributed by atoms with van der Waals surface area (Å²) in [5.74, 6) is -0.266. The zero-order chi connectivity index (χ0) is 14.0. The van der Waals surface area contributed by atoms with Crippen LogP contribution in [0.15, 0.2) is 40.9 Å². The van der Waals surface area contributed by atoms with Crippen molar-refractivity contribution in [1.82, 2.24) is 0 Å². The van der Waals surface area contributed by atoms with Crippen molar-refractivity contribution < 1.29 is 4.39 Å². The largest absolute Gasteiger partial charge is 0.324 e. The van der Waals surface area contributed by atoms with Crippen LogP contribution in [0.25, 0.3) is 0 Å². The maximum absolute atomic E-state index is 13.0. The summed E-state index contributed by atoms with van der Waals surface area (Å²) in [7, 11) is 0. The smallest absolute Gasteiger partial charge is 0.124 e. The Kier molecular flexibility index (Phi) is 4.61. The fourth-order valence-electron chi connectivity index (χ4n) is 1.99. The van der Waals surface area contributed by atoms with Gasteiger partial charge in [0.05, 0.1) is 0 Å². The molecule has 2 rings (SSSR count). The molecule has 19 heavy (non-hydrogen) atoms. The molecule has 2 aromatic carbocycles. The van der Waals surface area contributed by atoms with E-state index < -0.39 is 0 Å². The van der Waals surface area contributed by atoms with Gasteiger partial charge in [0.2, 0.25) is 0 Å². The second-order valence-electron chi connectivity index (χ2n) is 4.52. The van der Waals surface area contributed by atoms with E-state index in [0.717, 1.165) is 21.2 Å². The zero-order valence-electron chi connectivity index (χ0n) is 10.5. The van der Waals surface area contributed by atoms with Gasteiger partial charge in [0.15, 0.2) is 0 Å². The summed E-state index contributed by atoms with van der Waals surface area (Å²) in [5, 5.41) is 0.702. The molecule has 2 N–H and O–H groups in total. The molecule has 0 bridgehead atoms. The number of hydrogen-bond donors (Lipinski definition) is 1. The normalized spacial score (nSPS) is 12.5. The molecule has 0 heterocycles. The zero-order valence-corrected chi connectivity index (χ0v) is 12.8. The SMILES string of the molecule is Cc1cccc(C(N)Cc2ccc(F)cc2Br)c1Cl. The van der Waals surface area contributed by atoms with Gasteiger partial charge in [0, 0.05) is 15.5 Å². The third kappa shape index (κ3) is 3.35. The first-order chi connectivity index (χ1) is 8.99. The number of halogens is 3. The van der Waals surface area contributed by atoms with Crippen molar-refractivity contribution in [3.05, 3.63) is 68.4 Å². The molecule has 0 fully saturated rings. The van der Waals surface area contributed by atoms with Gasteiger partial charge in [-0.2, -0.15) is 0 Å². The molecule has 2 aromatic rings. The summed E-state index contributed by atoms with van der Waals surface area (Å²) in [6.07, 6.45) is 0.601. The molecule has 1 unspecified atom stereocenters. The van der Waals surface area contributed by atoms with Gasteiger partial charge in [-0.3, -0.25) is 0 Å². The molecular formula is C15H14BrClFN. The molecule has 1 atom stereocenters. The lowest BCUT2D eigenvalue weighted by atomic mass is 9.98. The molecule has 0 spiro atoms. The van der Waals surface area contributed by atoms with Crippen LogP contribution in [0.2, 0.25) is 5.02 Å². The predicted octanol–water partition coefficient (Wildman–Crippen LogP) is 4.79. The van der Waals surface area contributed by atoms with Crippen molar-refractivity contribution in [3.8, 4) is 0 Å². The van der Waals surface area contributed by atoms with E-state index >= 15 is 0 Å². The Labute approximate surface area is 125 Å². The van der Waals surface area contributed by atoms with Gasteiger partial charge in [0.25, 0.3) is 0 Å². The second kappa shape index (κ2) is 6.04. The Morgan fingerprint density at radius 1 is 1.32 bits per heavy atom. The summed E-state index contributed by atoms with van der Waals surface area (Å²) in [5.41, 5.74) is 9.09. The van der Waals surface area contributed by atoms with Crippen molar-refractivity contribution in [3.63, 3.8) is 0 Å². The number of hydrogen-bond acceptors (Lipinski definition) is 1. The van der Waals surface area contributed by atoms with E-state index in [1.54, 1.807) is 6.07 Å². The van der Waals surface area contributed by atoms with Gasteiger partial charge in [-0.15, -0.1) is 0 Å². The van der Waals surface area contributed by atoms with Gasteiger partial charge in [0.1, 0.15) is 5.82 Å². The Morgan fingerprint density at radius 3 is 2.74 bits per heavy atom. The van der Waals surface area contributed by atoms with E-state index in [2.05, 4.69) is 15.9 Å². The maximum Gasteiger partial charge on any atom is 0.124 e. The molecule has 1 nitrogen and oxygen atoms in total. The van der Waals surface area contributed by atoms with Gasteiger partial charge < -0.3 is 5.73 Å². The van der Waals surface area contributed by atoms with E-state index in [1.165, 1.54) is 12.1 Å². The summed E-state index contributed by atoms with van der Waals surface area (Å²) in [4.78, 5) is 0. The molecule has 0 aromatic heterocycles. The molecule has 0 amide bonds. The van der Waals surface area contributed by atoms with E-state index in [9.17, 15) is 4.39 Å². The molecule has 0 aliphatic rings. The van der Waals surface area contributed by atoms with Crippen molar-refractivity contribution in [2.45, 2.75) is 19.4 Å². The van der Waals surface area contributed by atoms with E-state index in [1.807, 2.05) is 25.1 Å². The van der Waals surface area contributed by atoms with Crippen molar-refractivity contribution in [1.29, 1.82) is 0 Å². The lowest BCUT2D eigenvalue weighted by molar-refractivity contribution is 0.624. The Balaban J connectivity index is 2.25. The predicted molar refractivity (Wildman–Crippen MR) is 80.9 cm³/mol. The van der Waals surface area contributed by atoms with Gasteiger partial charge in [-0.05, 0) is 42.2 Å². The molecule has 4 heteroatoms. The fraction of sp³-hybridized carbons (Fsp3) is 0.200. The Morgan fingerprint density at radius 2 is 2.05 bits per heavy atom. The number of aryl methyl sites for hydroxylation is 1. The highest BCUT2D eigenvalue weighted by atomic mass is 79.9. The summed E-state index contributed by atoms with van der Waals surface area (Å²) >= 11 is 9.62. The monoisotopic (exact) mass is 341 g/mol. The van der Waals surface area contributed by atoms with Crippen molar-refractivity contribution in [2.24, 2.45) is 5.73 Å². The molecule has 0 saturated heterocycles. The highest BCUT2D eigenvalue weighted by Gasteiger charge is 2.13. The standard InChI is InChI=1S/C15H14BrClFN/c1-9-3-2-4-12(15(9)17)14(19)7-10-5-6-11(18)8-13(10)16/h2-6,8,14H,7,19H2,1H3. The highest BCUT2D eigenvalue weighted by Crippen LogP contribution is 2.29. The Bertz CT molecular complexity index is 601. The van der Waals surface area contributed by atoms with Crippen LogP contribution in [0.5, 0.6) is 0 Å². The van der Waals surface area contributed by atoms with E-state index in [-0.39, 0.29) is 11.9 Å². The first-order valence-electron chi connectivity index (χ1n) is 5.93. The van der Waals surface area contributed by atoms with Crippen molar-refractivity contribution in [2.75, 3.05) is 0 Å². The average Bonchev–Trinajstić information content (AvgIpc) is 2.36. The van der Waals surface area contributed by atoms with Crippen LogP contribution in [-0.4, -0.2) is 0 Å². The lowest BCUT2D eigenvalue weighted by Gasteiger charge is -2.16. The van der Waals surface area contributed by atoms with Crippen LogP contribution in [-0.2, 0) is 6.42 Å². The van der Waals surface area contributed by atoms with Gasteiger partial charge >= 0.3 is 0 Å². The number of benzene rings is 2. The summed E-state index contributed by atoms with van der Waals surface area (Å²) < 4.78 is 13.8. The third-order valence-corrected chi connectivity index (χ3v) is 4.33. The minimum atomic E-state index is -0.266. The van der Waals surface area contributed by atoms with Gasteiger partial charge in [-0.1, -0.05) is 51.8 Å². The molecule has 0 radical (unpaired) electrons. The molecule has 0 aliphatic carbocycles. The topological polar surface area (TPSA) is 26.0 Å². The number of nitrogens with two attached hydrogens (primary N) is 1. The van der Waals surface area contributed by atoms with Crippen LogP contribution >= 0.6 is 27.5 Å². The molecule has 0 saturated carbocycles. The summed E-state index contributed by atoms with van der Waals surface area (Å²) in [6.45, 7) is 1.95. The van der Waals surface area contributed by atoms with E-state index in [0.29, 0.717) is 11.4 Å². The first kappa shape index (κ1) is 14.5. The summed E-state index contributed by atoms with van der Waals surface area (Å²) in [6, 6.07) is 10.2. The first-order valence-corrected chi connectivity index (χ1v) is 7.10. The third-order valence-electron chi connectivity index (χ3n) is 3.08. The lowest BCUT2D eigenvalue weighted by Crippen LogP contribution is -2.14. The minimum Gasteiger partial charge on any atom is -0.324 e. The van der Waals surface area contributed by atoms with Crippen LogP contribution in [0, 0.1) is 12.7 Å². The molecular weight excluding hydrogens is 329 g/mol. The van der Waals surface area contributed by atoms with Crippen LogP contribution in [0.3, 0.4) is 0 Å². The van der Waals surface area contributed by atoms with E-state index in [4.69, 9.17) is 17.3 Å². The van der Waals surface area contributed by atoms with Crippen molar-refractivity contribution >= 4 is 27.5 Å². The number of rotatable bonds is 3. The van der Waals surface area contributed by atoms with Crippen LogP contribution in [0.1, 0.15) is 22.7 Å². The van der Waals surface area contributed by atoms with Crippen LogP contribution in [0.4, 0.5) is 4.39 Å². The average molecular weight is 343 g/mol. The molecule has 100 valence electrons. The molecule has 0 aliphatic heterocycles. The highest BCUT2D eigenvalue weighted by molar-refractivity contribution is 9.10. The maximum atomic E-state index is 13.0. The quantitative estimate of drug-likeness (QED) is 0.852. The fourth-order valence-corrected chi connectivity index (χ4v) is 2.77.